The van der Waals surface area contributed by atoms with Crippen LogP contribution in [0.5, 0.6) is 0 Å². The third-order valence-corrected chi connectivity index (χ3v) is 2.33. The van der Waals surface area contributed by atoms with Gasteiger partial charge in [-0.3, -0.25) is 4.79 Å². The lowest BCUT2D eigenvalue weighted by molar-refractivity contribution is -0.148. The summed E-state index contributed by atoms with van der Waals surface area (Å²) in [5.74, 6) is -0.296. The fourth-order valence-corrected chi connectivity index (χ4v) is 1.08. The summed E-state index contributed by atoms with van der Waals surface area (Å²) in [6, 6.07) is 0. The van der Waals surface area contributed by atoms with Crippen LogP contribution in [0.3, 0.4) is 0 Å². The molecule has 0 aromatic rings. The molecule has 1 aliphatic carbocycles. The Balaban J connectivity index is 2.40. The van der Waals surface area contributed by atoms with Crippen molar-refractivity contribution in [3.63, 3.8) is 0 Å². The van der Waals surface area contributed by atoms with E-state index in [0.717, 1.165) is 12.8 Å². The van der Waals surface area contributed by atoms with Crippen LogP contribution in [-0.4, -0.2) is 18.1 Å². The van der Waals surface area contributed by atoms with Crippen LogP contribution in [0.25, 0.3) is 0 Å². The summed E-state index contributed by atoms with van der Waals surface area (Å²) in [6.07, 6.45) is 1.90. The summed E-state index contributed by atoms with van der Waals surface area (Å²) >= 11 is 0. The molecule has 0 aliphatic heterocycles. The Morgan fingerprint density at radius 3 is 2.64 bits per heavy atom. The van der Waals surface area contributed by atoms with Gasteiger partial charge in [-0.15, -0.1) is 0 Å². The first-order valence-corrected chi connectivity index (χ1v) is 4.05. The van der Waals surface area contributed by atoms with Crippen molar-refractivity contribution in [1.82, 2.24) is 0 Å². The van der Waals surface area contributed by atoms with Gasteiger partial charge in [-0.1, -0.05) is 6.92 Å². The minimum Gasteiger partial charge on any atom is -0.466 e. The molecule has 1 rings (SSSR count). The number of esters is 1. The standard InChI is InChI=1S/C8H15NO2/c1-3-11-7(10)6(2)8(9)4-5-8/h6H,3-5,9H2,1-2H3. The van der Waals surface area contributed by atoms with Gasteiger partial charge in [-0.2, -0.15) is 0 Å². The molecule has 0 aromatic carbocycles. The number of hydrogen-bond acceptors (Lipinski definition) is 3. The summed E-state index contributed by atoms with van der Waals surface area (Å²) < 4.78 is 4.85. The quantitative estimate of drug-likeness (QED) is 0.613. The number of nitrogens with two attached hydrogens (primary N) is 1. The molecule has 0 heterocycles. The van der Waals surface area contributed by atoms with E-state index in [1.165, 1.54) is 0 Å². The maximum Gasteiger partial charge on any atom is 0.310 e. The van der Waals surface area contributed by atoms with E-state index in [0.29, 0.717) is 6.61 Å². The molecular weight excluding hydrogens is 142 g/mol. The lowest BCUT2D eigenvalue weighted by atomic mass is 10.0. The Morgan fingerprint density at radius 2 is 2.27 bits per heavy atom. The van der Waals surface area contributed by atoms with E-state index in [9.17, 15) is 4.79 Å². The van der Waals surface area contributed by atoms with E-state index in [4.69, 9.17) is 10.5 Å². The molecule has 3 heteroatoms. The van der Waals surface area contributed by atoms with Gasteiger partial charge in [-0.05, 0) is 19.8 Å². The van der Waals surface area contributed by atoms with Crippen LogP contribution < -0.4 is 5.73 Å². The molecule has 11 heavy (non-hydrogen) atoms. The fourth-order valence-electron chi connectivity index (χ4n) is 1.08. The van der Waals surface area contributed by atoms with Crippen molar-refractivity contribution < 1.29 is 9.53 Å². The van der Waals surface area contributed by atoms with E-state index in [2.05, 4.69) is 0 Å². The number of carbonyl (C=O) groups is 1. The highest BCUT2D eigenvalue weighted by atomic mass is 16.5. The van der Waals surface area contributed by atoms with E-state index in [1.54, 1.807) is 6.92 Å². The lowest BCUT2D eigenvalue weighted by Crippen LogP contribution is -2.36. The first-order valence-electron chi connectivity index (χ1n) is 4.05. The fraction of sp³-hybridized carbons (Fsp3) is 0.875. The number of carbonyl (C=O) groups excluding carboxylic acids is 1. The number of ether oxygens (including phenoxy) is 1. The maximum atomic E-state index is 11.1. The van der Waals surface area contributed by atoms with E-state index in [1.807, 2.05) is 6.92 Å². The average Bonchev–Trinajstić information content (AvgIpc) is 2.68. The zero-order valence-electron chi connectivity index (χ0n) is 7.09. The maximum absolute atomic E-state index is 11.1. The Hall–Kier alpha value is -0.570. The molecule has 1 saturated carbocycles. The van der Waals surface area contributed by atoms with Gasteiger partial charge in [0, 0.05) is 5.54 Å². The largest absolute Gasteiger partial charge is 0.466 e. The van der Waals surface area contributed by atoms with Crippen LogP contribution in [0.4, 0.5) is 0 Å². The smallest absolute Gasteiger partial charge is 0.310 e. The molecule has 0 saturated heterocycles. The zero-order valence-corrected chi connectivity index (χ0v) is 7.09. The van der Waals surface area contributed by atoms with E-state index < -0.39 is 0 Å². The summed E-state index contributed by atoms with van der Waals surface area (Å²) in [5, 5.41) is 0. The van der Waals surface area contributed by atoms with E-state index >= 15 is 0 Å². The van der Waals surface area contributed by atoms with Crippen LogP contribution >= 0.6 is 0 Å². The van der Waals surface area contributed by atoms with Crippen molar-refractivity contribution in [2.24, 2.45) is 11.7 Å². The molecule has 3 nitrogen and oxygen atoms in total. The number of hydrogen-bond donors (Lipinski definition) is 1. The van der Waals surface area contributed by atoms with Crippen molar-refractivity contribution in [2.75, 3.05) is 6.61 Å². The predicted molar refractivity (Wildman–Crippen MR) is 41.9 cm³/mol. The molecule has 0 amide bonds. The minimum atomic E-state index is -0.244. The van der Waals surface area contributed by atoms with Crippen molar-refractivity contribution in [3.05, 3.63) is 0 Å². The highest BCUT2D eigenvalue weighted by Crippen LogP contribution is 2.39. The molecule has 0 aromatic heterocycles. The summed E-state index contributed by atoms with van der Waals surface area (Å²) in [4.78, 5) is 11.1. The Morgan fingerprint density at radius 1 is 1.73 bits per heavy atom. The molecular formula is C8H15NO2. The molecule has 2 N–H and O–H groups in total. The number of rotatable bonds is 3. The molecule has 1 unspecified atom stereocenters. The molecule has 0 spiro atoms. The van der Waals surface area contributed by atoms with Gasteiger partial charge < -0.3 is 10.5 Å². The Labute approximate surface area is 66.9 Å². The third-order valence-electron chi connectivity index (χ3n) is 2.33. The van der Waals surface area contributed by atoms with Crippen LogP contribution in [0.1, 0.15) is 26.7 Å². The van der Waals surface area contributed by atoms with Gasteiger partial charge >= 0.3 is 5.97 Å². The van der Waals surface area contributed by atoms with Crippen LogP contribution in [0.2, 0.25) is 0 Å². The van der Waals surface area contributed by atoms with Crippen molar-refractivity contribution >= 4 is 5.97 Å². The molecule has 0 bridgehead atoms. The van der Waals surface area contributed by atoms with Gasteiger partial charge in [-0.25, -0.2) is 0 Å². The SMILES string of the molecule is CCOC(=O)C(C)C1(N)CC1. The average molecular weight is 157 g/mol. The van der Waals surface area contributed by atoms with Crippen LogP contribution in [0, 0.1) is 5.92 Å². The molecule has 1 aliphatic rings. The second kappa shape index (κ2) is 2.81. The zero-order chi connectivity index (χ0) is 8.48. The molecule has 1 fully saturated rings. The predicted octanol–water partition coefficient (Wildman–Crippen LogP) is 0.677. The van der Waals surface area contributed by atoms with Crippen LogP contribution in [0.15, 0.2) is 0 Å². The Bertz CT molecular complexity index is 163. The molecule has 1 atom stereocenters. The topological polar surface area (TPSA) is 52.3 Å². The second-order valence-electron chi connectivity index (χ2n) is 3.21. The molecule has 0 radical (unpaired) electrons. The third kappa shape index (κ3) is 1.71. The van der Waals surface area contributed by atoms with Crippen LogP contribution in [-0.2, 0) is 9.53 Å². The van der Waals surface area contributed by atoms with Gasteiger partial charge in [0.25, 0.3) is 0 Å². The molecule has 64 valence electrons. The first kappa shape index (κ1) is 8.53. The lowest BCUT2D eigenvalue weighted by Gasteiger charge is -2.16. The summed E-state index contributed by atoms with van der Waals surface area (Å²) in [6.45, 7) is 4.09. The van der Waals surface area contributed by atoms with Crippen molar-refractivity contribution in [2.45, 2.75) is 32.2 Å². The van der Waals surface area contributed by atoms with Gasteiger partial charge in [0.1, 0.15) is 0 Å². The Kier molecular flexibility index (Phi) is 2.18. The van der Waals surface area contributed by atoms with Gasteiger partial charge in [0.15, 0.2) is 0 Å². The van der Waals surface area contributed by atoms with Crippen molar-refractivity contribution in [3.8, 4) is 0 Å². The first-order chi connectivity index (χ1) is 5.10. The monoisotopic (exact) mass is 157 g/mol. The van der Waals surface area contributed by atoms with Gasteiger partial charge in [0.2, 0.25) is 0 Å². The van der Waals surface area contributed by atoms with Crippen molar-refractivity contribution in [1.29, 1.82) is 0 Å². The summed E-state index contributed by atoms with van der Waals surface area (Å²) in [7, 11) is 0. The van der Waals surface area contributed by atoms with E-state index in [-0.39, 0.29) is 17.4 Å². The normalized spacial score (nSPS) is 22.5. The minimum absolute atomic E-state index is 0.137. The van der Waals surface area contributed by atoms with Gasteiger partial charge in [0.05, 0.1) is 12.5 Å². The highest BCUT2D eigenvalue weighted by Gasteiger charge is 2.47. The highest BCUT2D eigenvalue weighted by molar-refractivity contribution is 5.74. The second-order valence-corrected chi connectivity index (χ2v) is 3.21. The summed E-state index contributed by atoms with van der Waals surface area (Å²) in [5.41, 5.74) is 5.58.